The van der Waals surface area contributed by atoms with Gasteiger partial charge in [0.25, 0.3) is 0 Å². The summed E-state index contributed by atoms with van der Waals surface area (Å²) < 4.78 is 0. The van der Waals surface area contributed by atoms with E-state index in [-0.39, 0.29) is 38.0 Å². The molecule has 174 valence electrons. The molecule has 3 aromatic rings. The van der Waals surface area contributed by atoms with Crippen LogP contribution in [0.3, 0.4) is 0 Å². The molecule has 0 aliphatic carbocycles. The standard InChI is InChI=1S/C28H28N2O4/c1-21(24-15-9-4-10-16-24)30-20-28(27(33)34,17-25(30)31)26(32)29(18-22-11-5-2-6-12-22)19-23-13-7-3-8-14-23/h2-16,21H,17-20H2,1H3,(H,33,34)/t21-,28-/m0/s1. The summed E-state index contributed by atoms with van der Waals surface area (Å²) in [5.41, 5.74) is 0.858. The quantitative estimate of drug-likeness (QED) is 0.513. The number of carboxylic acid groups (broad SMARTS) is 1. The minimum atomic E-state index is -1.83. The largest absolute Gasteiger partial charge is 0.480 e. The third-order valence-corrected chi connectivity index (χ3v) is 6.50. The smallest absolute Gasteiger partial charge is 0.321 e. The number of benzene rings is 3. The zero-order chi connectivity index (χ0) is 24.1. The molecule has 4 rings (SSSR count). The molecule has 1 saturated heterocycles. The summed E-state index contributed by atoms with van der Waals surface area (Å²) in [7, 11) is 0. The van der Waals surface area contributed by atoms with Gasteiger partial charge in [-0.3, -0.25) is 14.4 Å². The van der Waals surface area contributed by atoms with Crippen LogP contribution >= 0.6 is 0 Å². The van der Waals surface area contributed by atoms with Crippen molar-refractivity contribution in [2.75, 3.05) is 6.54 Å². The molecule has 0 saturated carbocycles. The van der Waals surface area contributed by atoms with Gasteiger partial charge in [-0.05, 0) is 23.6 Å². The first-order valence-electron chi connectivity index (χ1n) is 11.4. The molecule has 2 amide bonds. The Morgan fingerprint density at radius 3 is 1.82 bits per heavy atom. The Morgan fingerprint density at radius 2 is 1.35 bits per heavy atom. The van der Waals surface area contributed by atoms with Gasteiger partial charge in [0.15, 0.2) is 5.41 Å². The highest BCUT2D eigenvalue weighted by Crippen LogP contribution is 2.39. The van der Waals surface area contributed by atoms with Gasteiger partial charge in [0.05, 0.1) is 12.5 Å². The maximum Gasteiger partial charge on any atom is 0.321 e. The van der Waals surface area contributed by atoms with Crippen LogP contribution in [-0.4, -0.2) is 39.2 Å². The summed E-state index contributed by atoms with van der Waals surface area (Å²) in [4.78, 5) is 42.7. The summed E-state index contributed by atoms with van der Waals surface area (Å²) in [6, 6.07) is 28.1. The van der Waals surface area contributed by atoms with E-state index >= 15 is 0 Å². The molecule has 1 aliphatic heterocycles. The molecule has 6 nitrogen and oxygen atoms in total. The van der Waals surface area contributed by atoms with E-state index in [9.17, 15) is 19.5 Å². The third kappa shape index (κ3) is 4.71. The summed E-state index contributed by atoms with van der Waals surface area (Å²) in [5.74, 6) is -2.13. The van der Waals surface area contributed by atoms with Crippen molar-refractivity contribution in [1.29, 1.82) is 0 Å². The minimum absolute atomic E-state index is 0.157. The number of likely N-dealkylation sites (tertiary alicyclic amines) is 1. The molecule has 1 N–H and O–H groups in total. The van der Waals surface area contributed by atoms with Crippen molar-refractivity contribution in [3.8, 4) is 0 Å². The third-order valence-electron chi connectivity index (χ3n) is 6.50. The Kier molecular flexibility index (Phi) is 6.77. The molecule has 2 atom stereocenters. The second-order valence-corrected chi connectivity index (χ2v) is 8.80. The Hall–Kier alpha value is -3.93. The molecule has 0 spiro atoms. The van der Waals surface area contributed by atoms with Crippen molar-refractivity contribution in [2.24, 2.45) is 5.41 Å². The number of carbonyl (C=O) groups is 3. The SMILES string of the molecule is C[C@@H](c1ccccc1)N1C[C@](C(=O)O)(C(=O)N(Cc2ccccc2)Cc2ccccc2)CC1=O. The Labute approximate surface area is 199 Å². The lowest BCUT2D eigenvalue weighted by Crippen LogP contribution is -2.50. The number of carbonyl (C=O) groups excluding carboxylic acids is 2. The molecule has 34 heavy (non-hydrogen) atoms. The molecule has 6 heteroatoms. The van der Waals surface area contributed by atoms with Crippen molar-refractivity contribution < 1.29 is 19.5 Å². The number of carboxylic acids is 1. The Bertz CT molecular complexity index is 1110. The molecule has 0 bridgehead atoms. The van der Waals surface area contributed by atoms with Gasteiger partial charge in [-0.1, -0.05) is 91.0 Å². The van der Waals surface area contributed by atoms with Gasteiger partial charge in [-0.15, -0.1) is 0 Å². The van der Waals surface area contributed by atoms with Crippen LogP contribution in [0, 0.1) is 5.41 Å². The highest BCUT2D eigenvalue weighted by atomic mass is 16.4. The topological polar surface area (TPSA) is 77.9 Å². The van der Waals surface area contributed by atoms with Crippen LogP contribution in [0.4, 0.5) is 0 Å². The predicted molar refractivity (Wildman–Crippen MR) is 128 cm³/mol. The van der Waals surface area contributed by atoms with Gasteiger partial charge in [0, 0.05) is 19.6 Å². The number of aliphatic carboxylic acids is 1. The fourth-order valence-electron chi connectivity index (χ4n) is 4.55. The average molecular weight is 457 g/mol. The van der Waals surface area contributed by atoms with Crippen LogP contribution in [0.1, 0.15) is 36.1 Å². The maximum atomic E-state index is 13.9. The predicted octanol–water partition coefficient (Wildman–Crippen LogP) is 4.28. The van der Waals surface area contributed by atoms with E-state index in [0.29, 0.717) is 0 Å². The van der Waals surface area contributed by atoms with Crippen LogP contribution in [0.25, 0.3) is 0 Å². The minimum Gasteiger partial charge on any atom is -0.480 e. The molecule has 0 unspecified atom stereocenters. The molecule has 1 heterocycles. The Balaban J connectivity index is 1.66. The van der Waals surface area contributed by atoms with Gasteiger partial charge < -0.3 is 14.9 Å². The van der Waals surface area contributed by atoms with Crippen LogP contribution < -0.4 is 0 Å². The lowest BCUT2D eigenvalue weighted by molar-refractivity contribution is -0.161. The molecular weight excluding hydrogens is 428 g/mol. The van der Waals surface area contributed by atoms with Crippen LogP contribution in [0.2, 0.25) is 0 Å². The highest BCUT2D eigenvalue weighted by molar-refractivity contribution is 6.07. The van der Waals surface area contributed by atoms with Crippen LogP contribution in [-0.2, 0) is 27.5 Å². The van der Waals surface area contributed by atoms with E-state index in [1.807, 2.05) is 97.9 Å². The number of hydrogen-bond donors (Lipinski definition) is 1. The summed E-state index contributed by atoms with van der Waals surface area (Å²) in [6.07, 6.45) is -0.349. The van der Waals surface area contributed by atoms with Gasteiger partial charge in [0.2, 0.25) is 11.8 Å². The second-order valence-electron chi connectivity index (χ2n) is 8.80. The van der Waals surface area contributed by atoms with Crippen molar-refractivity contribution in [1.82, 2.24) is 9.80 Å². The molecule has 0 radical (unpaired) electrons. The van der Waals surface area contributed by atoms with E-state index in [1.165, 1.54) is 4.90 Å². The van der Waals surface area contributed by atoms with Crippen molar-refractivity contribution in [3.63, 3.8) is 0 Å². The van der Waals surface area contributed by atoms with Crippen molar-refractivity contribution in [3.05, 3.63) is 108 Å². The lowest BCUT2D eigenvalue weighted by atomic mass is 9.84. The van der Waals surface area contributed by atoms with E-state index in [0.717, 1.165) is 16.7 Å². The maximum absolute atomic E-state index is 13.9. The zero-order valence-electron chi connectivity index (χ0n) is 19.1. The van der Waals surface area contributed by atoms with Gasteiger partial charge >= 0.3 is 5.97 Å². The summed E-state index contributed by atoms with van der Waals surface area (Å²) >= 11 is 0. The number of rotatable bonds is 8. The highest BCUT2D eigenvalue weighted by Gasteiger charge is 2.57. The van der Waals surface area contributed by atoms with E-state index in [4.69, 9.17) is 0 Å². The second kappa shape index (κ2) is 9.91. The lowest BCUT2D eigenvalue weighted by Gasteiger charge is -2.32. The molecule has 0 aromatic heterocycles. The van der Waals surface area contributed by atoms with E-state index in [2.05, 4.69) is 0 Å². The van der Waals surface area contributed by atoms with Crippen molar-refractivity contribution in [2.45, 2.75) is 32.5 Å². The first-order chi connectivity index (χ1) is 16.4. The van der Waals surface area contributed by atoms with Gasteiger partial charge in [0.1, 0.15) is 0 Å². The fraction of sp³-hybridized carbons (Fsp3) is 0.250. The summed E-state index contributed by atoms with van der Waals surface area (Å²) in [6.45, 7) is 2.22. The number of hydrogen-bond acceptors (Lipinski definition) is 3. The van der Waals surface area contributed by atoms with Gasteiger partial charge in [-0.25, -0.2) is 0 Å². The molecule has 3 aromatic carbocycles. The first-order valence-corrected chi connectivity index (χ1v) is 11.4. The fourth-order valence-corrected chi connectivity index (χ4v) is 4.55. The molecular formula is C28H28N2O4. The Morgan fingerprint density at radius 1 is 0.882 bits per heavy atom. The molecule has 1 fully saturated rings. The number of amides is 2. The van der Waals surface area contributed by atoms with Crippen LogP contribution in [0.5, 0.6) is 0 Å². The normalized spacial score (nSPS) is 18.5. The zero-order valence-corrected chi connectivity index (χ0v) is 19.1. The van der Waals surface area contributed by atoms with E-state index in [1.54, 1.807) is 4.90 Å². The first kappa shape index (κ1) is 23.2. The summed E-state index contributed by atoms with van der Waals surface area (Å²) in [5, 5.41) is 10.3. The number of nitrogens with zero attached hydrogens (tertiary/aromatic N) is 2. The van der Waals surface area contributed by atoms with Crippen LogP contribution in [0.15, 0.2) is 91.0 Å². The van der Waals surface area contributed by atoms with Crippen molar-refractivity contribution >= 4 is 17.8 Å². The molecule has 1 aliphatic rings. The monoisotopic (exact) mass is 456 g/mol. The van der Waals surface area contributed by atoms with Gasteiger partial charge in [-0.2, -0.15) is 0 Å². The van der Waals surface area contributed by atoms with E-state index < -0.39 is 17.3 Å². The average Bonchev–Trinajstić information content (AvgIpc) is 3.23.